The number of hydrogen-bond donors (Lipinski definition) is 0. The number of sulfone groups is 1. The lowest BCUT2D eigenvalue weighted by Crippen LogP contribution is -2.41. The first-order chi connectivity index (χ1) is 13.9. The first-order valence-electron chi connectivity index (χ1n) is 9.26. The van der Waals surface area contributed by atoms with Gasteiger partial charge in [-0.2, -0.15) is 9.49 Å². The number of amides is 1. The van der Waals surface area contributed by atoms with E-state index < -0.39 is 45.4 Å². The summed E-state index contributed by atoms with van der Waals surface area (Å²) in [4.78, 5) is 14.6. The minimum absolute atomic E-state index is 0.0935. The second-order valence-corrected chi connectivity index (χ2v) is 9.44. The minimum atomic E-state index is -3.45. The molecule has 2 aromatic rings. The maximum atomic E-state index is 14.5. The molecule has 0 spiro atoms. The summed E-state index contributed by atoms with van der Waals surface area (Å²) in [6.07, 6.45) is -0.724. The number of aryl methyl sites for hydroxylation is 1. The Hall–Kier alpha value is -2.62. The van der Waals surface area contributed by atoms with E-state index in [-0.39, 0.29) is 10.9 Å². The van der Waals surface area contributed by atoms with E-state index in [0.29, 0.717) is 28.7 Å². The SMILES string of the molecule is C=C(c1cccc(S(C)(=O)=O)c1)C(C)N(C(=O)c1c(C(F)F)nn(C)c1F)C1CC1. The van der Waals surface area contributed by atoms with Crippen LogP contribution in [0.25, 0.3) is 5.57 Å². The van der Waals surface area contributed by atoms with Crippen LogP contribution in [0.1, 0.15) is 47.8 Å². The first-order valence-corrected chi connectivity index (χ1v) is 11.1. The molecule has 0 saturated heterocycles. The molecular weight excluding hydrogens is 419 g/mol. The van der Waals surface area contributed by atoms with E-state index in [1.165, 1.54) is 17.0 Å². The van der Waals surface area contributed by atoms with E-state index in [2.05, 4.69) is 11.7 Å². The molecule has 1 fully saturated rings. The fraction of sp³-hybridized carbons (Fsp3) is 0.400. The van der Waals surface area contributed by atoms with Crippen LogP contribution >= 0.6 is 0 Å². The van der Waals surface area contributed by atoms with Crippen molar-refractivity contribution in [2.75, 3.05) is 6.26 Å². The fourth-order valence-electron chi connectivity index (χ4n) is 3.35. The van der Waals surface area contributed by atoms with Crippen molar-refractivity contribution in [1.82, 2.24) is 14.7 Å². The second kappa shape index (κ2) is 7.90. The zero-order chi connectivity index (χ0) is 22.4. The molecule has 1 aliphatic carbocycles. The monoisotopic (exact) mass is 441 g/mol. The molecule has 1 unspecified atom stereocenters. The van der Waals surface area contributed by atoms with Gasteiger partial charge in [-0.3, -0.25) is 4.79 Å². The van der Waals surface area contributed by atoms with Crippen molar-refractivity contribution >= 4 is 21.3 Å². The predicted molar refractivity (Wildman–Crippen MR) is 105 cm³/mol. The lowest BCUT2D eigenvalue weighted by atomic mass is 9.99. The summed E-state index contributed by atoms with van der Waals surface area (Å²) >= 11 is 0. The van der Waals surface area contributed by atoms with E-state index in [1.807, 2.05) is 0 Å². The minimum Gasteiger partial charge on any atom is -0.329 e. The van der Waals surface area contributed by atoms with Crippen LogP contribution < -0.4 is 0 Å². The molecule has 1 aromatic heterocycles. The molecule has 1 atom stereocenters. The average molecular weight is 441 g/mol. The Morgan fingerprint density at radius 1 is 1.33 bits per heavy atom. The number of benzene rings is 1. The van der Waals surface area contributed by atoms with Crippen LogP contribution in [0.3, 0.4) is 0 Å². The highest BCUT2D eigenvalue weighted by atomic mass is 32.2. The van der Waals surface area contributed by atoms with Gasteiger partial charge >= 0.3 is 0 Å². The van der Waals surface area contributed by atoms with E-state index >= 15 is 0 Å². The summed E-state index contributed by atoms with van der Waals surface area (Å²) in [5, 5.41) is 3.45. The van der Waals surface area contributed by atoms with Crippen LogP contribution in [0.5, 0.6) is 0 Å². The summed E-state index contributed by atoms with van der Waals surface area (Å²) < 4.78 is 65.5. The summed E-state index contributed by atoms with van der Waals surface area (Å²) in [5.74, 6) is -2.01. The van der Waals surface area contributed by atoms with Crippen molar-refractivity contribution < 1.29 is 26.4 Å². The summed E-state index contributed by atoms with van der Waals surface area (Å²) in [6, 6.07) is 5.18. The number of nitrogens with zero attached hydrogens (tertiary/aromatic N) is 3. The molecule has 30 heavy (non-hydrogen) atoms. The van der Waals surface area contributed by atoms with Gasteiger partial charge < -0.3 is 4.90 Å². The Labute approximate surface area is 172 Å². The van der Waals surface area contributed by atoms with Gasteiger partial charge in [-0.15, -0.1) is 0 Å². The summed E-state index contributed by atoms with van der Waals surface area (Å²) in [7, 11) is -2.30. The molecule has 0 radical (unpaired) electrons. The molecule has 1 saturated carbocycles. The smallest absolute Gasteiger partial charge is 0.283 e. The lowest BCUT2D eigenvalue weighted by Gasteiger charge is -2.31. The third-order valence-corrected chi connectivity index (χ3v) is 6.26. The highest BCUT2D eigenvalue weighted by Gasteiger charge is 2.41. The van der Waals surface area contributed by atoms with Gasteiger partial charge in [-0.05, 0) is 43.0 Å². The number of aromatic nitrogens is 2. The fourth-order valence-corrected chi connectivity index (χ4v) is 4.02. The third-order valence-electron chi connectivity index (χ3n) is 5.15. The second-order valence-electron chi connectivity index (χ2n) is 7.42. The number of carbonyl (C=O) groups is 1. The number of alkyl halides is 2. The van der Waals surface area contributed by atoms with Crippen LogP contribution in [-0.2, 0) is 16.9 Å². The van der Waals surface area contributed by atoms with Gasteiger partial charge in [0.2, 0.25) is 5.95 Å². The maximum Gasteiger partial charge on any atom is 0.283 e. The van der Waals surface area contributed by atoms with Gasteiger partial charge in [0.25, 0.3) is 12.3 Å². The highest BCUT2D eigenvalue weighted by Crippen LogP contribution is 2.36. The van der Waals surface area contributed by atoms with Crippen molar-refractivity contribution in [3.63, 3.8) is 0 Å². The number of carbonyl (C=O) groups excluding carboxylic acids is 1. The number of halogens is 3. The van der Waals surface area contributed by atoms with Gasteiger partial charge in [0, 0.05) is 19.3 Å². The van der Waals surface area contributed by atoms with E-state index in [0.717, 1.165) is 13.3 Å². The molecular formula is C20H22F3N3O3S. The van der Waals surface area contributed by atoms with Crippen molar-refractivity contribution in [2.45, 2.75) is 43.2 Å². The normalized spacial score (nSPS) is 15.3. The Bertz CT molecular complexity index is 1110. The van der Waals surface area contributed by atoms with Crippen LogP contribution in [-0.4, -0.2) is 47.3 Å². The van der Waals surface area contributed by atoms with Crippen molar-refractivity contribution in [1.29, 1.82) is 0 Å². The first kappa shape index (κ1) is 22.1. The quantitative estimate of drug-likeness (QED) is 0.658. The van der Waals surface area contributed by atoms with Gasteiger partial charge in [0.15, 0.2) is 9.84 Å². The van der Waals surface area contributed by atoms with Crippen molar-refractivity contribution in [2.24, 2.45) is 7.05 Å². The number of rotatable bonds is 7. The topological polar surface area (TPSA) is 72.3 Å². The molecule has 0 bridgehead atoms. The predicted octanol–water partition coefficient (Wildman–Crippen LogP) is 3.61. The molecule has 0 N–H and O–H groups in total. The van der Waals surface area contributed by atoms with E-state index in [9.17, 15) is 26.4 Å². The molecule has 162 valence electrons. The summed E-state index contributed by atoms with van der Waals surface area (Å²) in [6.45, 7) is 5.64. The van der Waals surface area contributed by atoms with Crippen LogP contribution in [0.15, 0.2) is 35.7 Å². The molecule has 6 nitrogen and oxygen atoms in total. The molecule has 1 aliphatic rings. The van der Waals surface area contributed by atoms with Crippen LogP contribution in [0, 0.1) is 5.95 Å². The van der Waals surface area contributed by atoms with Crippen LogP contribution in [0.4, 0.5) is 13.2 Å². The lowest BCUT2D eigenvalue weighted by molar-refractivity contribution is 0.0698. The van der Waals surface area contributed by atoms with Crippen molar-refractivity contribution in [3.05, 3.63) is 53.6 Å². The molecule has 1 amide bonds. The highest BCUT2D eigenvalue weighted by molar-refractivity contribution is 7.90. The van der Waals surface area contributed by atoms with Gasteiger partial charge in [0.1, 0.15) is 11.3 Å². The van der Waals surface area contributed by atoms with Crippen LogP contribution in [0.2, 0.25) is 0 Å². The Morgan fingerprint density at radius 2 is 1.97 bits per heavy atom. The zero-order valence-electron chi connectivity index (χ0n) is 16.8. The zero-order valence-corrected chi connectivity index (χ0v) is 17.6. The third kappa shape index (κ3) is 4.14. The van der Waals surface area contributed by atoms with E-state index in [4.69, 9.17) is 0 Å². The van der Waals surface area contributed by atoms with Gasteiger partial charge in [-0.1, -0.05) is 18.7 Å². The Morgan fingerprint density at radius 3 is 2.50 bits per heavy atom. The number of hydrogen-bond acceptors (Lipinski definition) is 4. The Balaban J connectivity index is 1.98. The molecule has 1 heterocycles. The standard InChI is InChI=1S/C20H22F3N3O3S/c1-11(13-6-5-7-15(10-13)30(4,28)29)12(2)26(14-8-9-14)20(27)16-17(18(21)22)24-25(3)19(16)23/h5-7,10,12,14,18H,1,8-9H2,2-4H3. The van der Waals surface area contributed by atoms with E-state index in [1.54, 1.807) is 19.1 Å². The summed E-state index contributed by atoms with van der Waals surface area (Å²) in [5.41, 5.74) is -0.736. The molecule has 1 aromatic carbocycles. The van der Waals surface area contributed by atoms with Crippen molar-refractivity contribution in [3.8, 4) is 0 Å². The largest absolute Gasteiger partial charge is 0.329 e. The molecule has 0 aliphatic heterocycles. The molecule has 10 heteroatoms. The van der Waals surface area contributed by atoms with Gasteiger partial charge in [0.05, 0.1) is 10.9 Å². The Kier molecular flexibility index (Phi) is 5.81. The average Bonchev–Trinajstić information content (AvgIpc) is 3.45. The molecule has 3 rings (SSSR count). The maximum absolute atomic E-state index is 14.5. The van der Waals surface area contributed by atoms with Gasteiger partial charge in [-0.25, -0.2) is 21.9 Å².